The summed E-state index contributed by atoms with van der Waals surface area (Å²) >= 11 is 0. The number of rotatable bonds is 10. The Morgan fingerprint density at radius 3 is 2.44 bits per heavy atom. The molecule has 0 aliphatic heterocycles. The van der Waals surface area contributed by atoms with E-state index in [-0.39, 0.29) is 24.3 Å². The second-order valence-corrected chi connectivity index (χ2v) is 7.16. The molecular formula is C22H28N2O3. The van der Waals surface area contributed by atoms with Crippen molar-refractivity contribution in [1.82, 2.24) is 9.80 Å². The molecule has 1 heterocycles. The number of amides is 2. The molecule has 2 amide bonds. The van der Waals surface area contributed by atoms with Crippen molar-refractivity contribution in [3.63, 3.8) is 0 Å². The molecule has 1 aliphatic rings. The lowest BCUT2D eigenvalue weighted by Crippen LogP contribution is -2.44. The van der Waals surface area contributed by atoms with Crippen molar-refractivity contribution in [3.8, 4) is 0 Å². The van der Waals surface area contributed by atoms with Crippen LogP contribution in [0.5, 0.6) is 0 Å². The van der Waals surface area contributed by atoms with Crippen LogP contribution in [0.1, 0.15) is 37.5 Å². The van der Waals surface area contributed by atoms with Gasteiger partial charge in [0.05, 0.1) is 19.4 Å². The van der Waals surface area contributed by atoms with Gasteiger partial charge < -0.3 is 14.2 Å². The summed E-state index contributed by atoms with van der Waals surface area (Å²) in [5, 5.41) is 0. The number of carbonyl (C=O) groups is 2. The fourth-order valence-electron chi connectivity index (χ4n) is 3.18. The van der Waals surface area contributed by atoms with Crippen LogP contribution in [-0.2, 0) is 22.6 Å². The van der Waals surface area contributed by atoms with Crippen LogP contribution in [0.3, 0.4) is 0 Å². The van der Waals surface area contributed by atoms with Gasteiger partial charge in [-0.15, -0.1) is 0 Å². The van der Waals surface area contributed by atoms with Crippen molar-refractivity contribution in [1.29, 1.82) is 0 Å². The van der Waals surface area contributed by atoms with Crippen molar-refractivity contribution in [3.05, 3.63) is 60.1 Å². The summed E-state index contributed by atoms with van der Waals surface area (Å²) in [6, 6.07) is 13.8. The van der Waals surface area contributed by atoms with Crippen molar-refractivity contribution < 1.29 is 14.0 Å². The number of hydrogen-bond donors (Lipinski definition) is 0. The summed E-state index contributed by atoms with van der Waals surface area (Å²) in [5.41, 5.74) is 1.19. The molecule has 0 N–H and O–H groups in total. The van der Waals surface area contributed by atoms with Crippen LogP contribution >= 0.6 is 0 Å². The molecule has 3 rings (SSSR count). The van der Waals surface area contributed by atoms with E-state index in [4.69, 9.17) is 4.42 Å². The van der Waals surface area contributed by atoms with E-state index >= 15 is 0 Å². The lowest BCUT2D eigenvalue weighted by Gasteiger charge is -2.27. The van der Waals surface area contributed by atoms with Crippen LogP contribution in [0, 0.1) is 5.92 Å². The van der Waals surface area contributed by atoms with E-state index in [0.717, 1.165) is 31.4 Å². The monoisotopic (exact) mass is 368 g/mol. The maximum absolute atomic E-state index is 13.0. The highest BCUT2D eigenvalue weighted by Gasteiger charge is 2.34. The Balaban J connectivity index is 1.65. The standard InChI is InChI=1S/C22H28N2O3/c1-2-13-24(22(26)19-10-11-19)17-21(25)23(16-20-9-6-15-27-20)14-12-18-7-4-3-5-8-18/h3-9,15,19H,2,10-14,16-17H2,1H3. The molecule has 0 atom stereocenters. The molecule has 5 nitrogen and oxygen atoms in total. The Morgan fingerprint density at radius 1 is 1.04 bits per heavy atom. The van der Waals surface area contributed by atoms with Gasteiger partial charge in [0.1, 0.15) is 5.76 Å². The maximum Gasteiger partial charge on any atom is 0.242 e. The lowest BCUT2D eigenvalue weighted by molar-refractivity contribution is -0.141. The molecule has 1 aromatic heterocycles. The van der Waals surface area contributed by atoms with Gasteiger partial charge in [-0.2, -0.15) is 0 Å². The summed E-state index contributed by atoms with van der Waals surface area (Å²) in [5.74, 6) is 0.996. The van der Waals surface area contributed by atoms with Crippen LogP contribution in [-0.4, -0.2) is 41.2 Å². The first-order chi connectivity index (χ1) is 13.2. The summed E-state index contributed by atoms with van der Waals surface area (Å²) in [4.78, 5) is 29.0. The molecule has 27 heavy (non-hydrogen) atoms. The Bertz CT molecular complexity index is 723. The van der Waals surface area contributed by atoms with Crippen molar-refractivity contribution in [2.75, 3.05) is 19.6 Å². The maximum atomic E-state index is 13.0. The minimum absolute atomic E-state index is 0.0234. The number of benzene rings is 1. The third-order valence-electron chi connectivity index (χ3n) is 4.85. The predicted octanol–water partition coefficient (Wildman–Crippen LogP) is 3.50. The Kier molecular flexibility index (Phi) is 6.69. The average molecular weight is 368 g/mol. The number of hydrogen-bond acceptors (Lipinski definition) is 3. The molecule has 1 fully saturated rings. The van der Waals surface area contributed by atoms with Gasteiger partial charge in [-0.05, 0) is 43.4 Å². The lowest BCUT2D eigenvalue weighted by atomic mass is 10.1. The molecule has 2 aromatic rings. The minimum atomic E-state index is -0.0234. The smallest absolute Gasteiger partial charge is 0.242 e. The van der Waals surface area contributed by atoms with E-state index in [9.17, 15) is 9.59 Å². The Labute approximate surface area is 160 Å². The Morgan fingerprint density at radius 2 is 1.81 bits per heavy atom. The van der Waals surface area contributed by atoms with Crippen LogP contribution < -0.4 is 0 Å². The molecule has 0 saturated heterocycles. The van der Waals surface area contributed by atoms with Crippen LogP contribution in [0.2, 0.25) is 0 Å². The van der Waals surface area contributed by atoms with E-state index in [1.54, 1.807) is 16.1 Å². The molecule has 5 heteroatoms. The molecule has 144 valence electrons. The van der Waals surface area contributed by atoms with E-state index in [2.05, 4.69) is 12.1 Å². The first-order valence-electron chi connectivity index (χ1n) is 9.80. The Hall–Kier alpha value is -2.56. The molecule has 0 radical (unpaired) electrons. The highest BCUT2D eigenvalue weighted by atomic mass is 16.3. The summed E-state index contributed by atoms with van der Waals surface area (Å²) < 4.78 is 5.44. The third kappa shape index (κ3) is 5.71. The number of carbonyl (C=O) groups excluding carboxylic acids is 2. The first-order valence-corrected chi connectivity index (χ1v) is 9.80. The van der Waals surface area contributed by atoms with Gasteiger partial charge in [0.15, 0.2) is 0 Å². The molecule has 1 aromatic carbocycles. The zero-order valence-corrected chi connectivity index (χ0v) is 16.0. The van der Waals surface area contributed by atoms with Crippen molar-refractivity contribution >= 4 is 11.8 Å². The second kappa shape index (κ2) is 9.40. The van der Waals surface area contributed by atoms with Gasteiger partial charge in [0, 0.05) is 19.0 Å². The second-order valence-electron chi connectivity index (χ2n) is 7.16. The topological polar surface area (TPSA) is 53.8 Å². The molecule has 0 unspecified atom stereocenters. The van der Waals surface area contributed by atoms with Crippen LogP contribution in [0.25, 0.3) is 0 Å². The molecule has 1 saturated carbocycles. The quantitative estimate of drug-likeness (QED) is 0.645. The SMILES string of the molecule is CCCN(CC(=O)N(CCc1ccccc1)Cc1ccco1)C(=O)C1CC1. The van der Waals surface area contributed by atoms with E-state index in [0.29, 0.717) is 19.6 Å². The van der Waals surface area contributed by atoms with Crippen molar-refractivity contribution in [2.24, 2.45) is 5.92 Å². The minimum Gasteiger partial charge on any atom is -0.467 e. The fourth-order valence-corrected chi connectivity index (χ4v) is 3.18. The fraction of sp³-hybridized carbons (Fsp3) is 0.455. The van der Waals surface area contributed by atoms with Gasteiger partial charge >= 0.3 is 0 Å². The number of furan rings is 1. The highest BCUT2D eigenvalue weighted by Crippen LogP contribution is 2.31. The van der Waals surface area contributed by atoms with Gasteiger partial charge in [0.2, 0.25) is 11.8 Å². The third-order valence-corrected chi connectivity index (χ3v) is 4.85. The first kappa shape index (κ1) is 19.2. The molecule has 1 aliphatic carbocycles. The predicted molar refractivity (Wildman–Crippen MR) is 104 cm³/mol. The van der Waals surface area contributed by atoms with Crippen molar-refractivity contribution in [2.45, 2.75) is 39.2 Å². The van der Waals surface area contributed by atoms with Crippen LogP contribution in [0.4, 0.5) is 0 Å². The van der Waals surface area contributed by atoms with E-state index < -0.39 is 0 Å². The molecule has 0 bridgehead atoms. The average Bonchev–Trinajstić information content (AvgIpc) is 3.41. The molecule has 0 spiro atoms. The summed E-state index contributed by atoms with van der Waals surface area (Å²) in [6.07, 6.45) is 5.16. The zero-order valence-electron chi connectivity index (χ0n) is 16.0. The molecular weight excluding hydrogens is 340 g/mol. The number of nitrogens with zero attached hydrogens (tertiary/aromatic N) is 2. The van der Waals surface area contributed by atoms with Crippen LogP contribution in [0.15, 0.2) is 53.1 Å². The van der Waals surface area contributed by atoms with E-state index in [1.807, 2.05) is 37.3 Å². The van der Waals surface area contributed by atoms with Gasteiger partial charge in [0.25, 0.3) is 0 Å². The van der Waals surface area contributed by atoms with Gasteiger partial charge in [-0.25, -0.2) is 0 Å². The zero-order chi connectivity index (χ0) is 19.1. The largest absolute Gasteiger partial charge is 0.467 e. The normalized spacial score (nSPS) is 13.4. The summed E-state index contributed by atoms with van der Waals surface area (Å²) in [6.45, 7) is 3.85. The van der Waals surface area contributed by atoms with Gasteiger partial charge in [-0.1, -0.05) is 37.3 Å². The highest BCUT2D eigenvalue weighted by molar-refractivity contribution is 5.87. The van der Waals surface area contributed by atoms with Gasteiger partial charge in [-0.3, -0.25) is 9.59 Å². The summed E-state index contributed by atoms with van der Waals surface area (Å²) in [7, 11) is 0. The van der Waals surface area contributed by atoms with E-state index in [1.165, 1.54) is 5.56 Å².